The molecule has 0 aromatic heterocycles. The largest absolute Gasteiger partial charge is 0.399 e. The molecule has 1 saturated heterocycles. The van der Waals surface area contributed by atoms with E-state index in [2.05, 4.69) is 4.90 Å². The lowest BCUT2D eigenvalue weighted by Gasteiger charge is -2.34. The van der Waals surface area contributed by atoms with Gasteiger partial charge in [0, 0.05) is 38.4 Å². The van der Waals surface area contributed by atoms with Crippen molar-refractivity contribution in [3.05, 3.63) is 29.8 Å². The molecule has 122 valence electrons. The van der Waals surface area contributed by atoms with E-state index in [1.807, 2.05) is 43.0 Å². The summed E-state index contributed by atoms with van der Waals surface area (Å²) >= 11 is 0. The van der Waals surface area contributed by atoms with Crippen LogP contribution in [0.1, 0.15) is 19.4 Å². The van der Waals surface area contributed by atoms with Gasteiger partial charge in [-0.25, -0.2) is 0 Å². The van der Waals surface area contributed by atoms with Crippen molar-refractivity contribution < 1.29 is 9.53 Å². The summed E-state index contributed by atoms with van der Waals surface area (Å²) in [5, 5.41) is 0. The number of rotatable bonds is 6. The minimum atomic E-state index is 0.197. The SMILES string of the molecule is CC(C)OCCN1CCN(C(=O)Cc2ccc(N)cc2)CC1. The summed E-state index contributed by atoms with van der Waals surface area (Å²) in [7, 11) is 0. The van der Waals surface area contributed by atoms with Crippen molar-refractivity contribution in [2.75, 3.05) is 45.1 Å². The van der Waals surface area contributed by atoms with Crippen LogP contribution in [-0.2, 0) is 16.0 Å². The first-order valence-electron chi connectivity index (χ1n) is 8.01. The first-order chi connectivity index (χ1) is 10.5. The van der Waals surface area contributed by atoms with E-state index in [-0.39, 0.29) is 12.0 Å². The van der Waals surface area contributed by atoms with Crippen molar-refractivity contribution in [3.63, 3.8) is 0 Å². The van der Waals surface area contributed by atoms with Gasteiger partial charge >= 0.3 is 0 Å². The molecule has 0 radical (unpaired) electrons. The molecule has 0 aliphatic carbocycles. The fraction of sp³-hybridized carbons (Fsp3) is 0.588. The van der Waals surface area contributed by atoms with Gasteiger partial charge in [0.05, 0.1) is 19.1 Å². The van der Waals surface area contributed by atoms with E-state index in [1.165, 1.54) is 0 Å². The van der Waals surface area contributed by atoms with Crippen LogP contribution in [0, 0.1) is 0 Å². The third-order valence-electron chi connectivity index (χ3n) is 3.92. The Labute approximate surface area is 133 Å². The van der Waals surface area contributed by atoms with E-state index >= 15 is 0 Å². The molecule has 0 saturated carbocycles. The van der Waals surface area contributed by atoms with Gasteiger partial charge in [0.25, 0.3) is 0 Å². The maximum absolute atomic E-state index is 12.3. The molecule has 0 spiro atoms. The molecule has 1 fully saturated rings. The smallest absolute Gasteiger partial charge is 0.227 e. The molecule has 1 amide bonds. The van der Waals surface area contributed by atoms with Crippen molar-refractivity contribution in [2.24, 2.45) is 0 Å². The van der Waals surface area contributed by atoms with Crippen LogP contribution in [0.5, 0.6) is 0 Å². The molecule has 5 nitrogen and oxygen atoms in total. The van der Waals surface area contributed by atoms with Crippen LogP contribution in [-0.4, -0.2) is 61.1 Å². The standard InChI is InChI=1S/C17H27N3O2/c1-14(2)22-12-11-19-7-9-20(10-8-19)17(21)13-15-3-5-16(18)6-4-15/h3-6,14H,7-13,18H2,1-2H3. The van der Waals surface area contributed by atoms with Gasteiger partial charge < -0.3 is 15.4 Å². The normalized spacial score (nSPS) is 16.2. The maximum Gasteiger partial charge on any atom is 0.227 e. The molecular formula is C17H27N3O2. The Morgan fingerprint density at radius 1 is 1.18 bits per heavy atom. The molecule has 1 aliphatic heterocycles. The van der Waals surface area contributed by atoms with E-state index in [1.54, 1.807) is 0 Å². The average Bonchev–Trinajstić information content (AvgIpc) is 2.50. The Kier molecular flexibility index (Phi) is 6.21. The maximum atomic E-state index is 12.3. The first kappa shape index (κ1) is 16.8. The number of nitrogen functional groups attached to an aromatic ring is 1. The summed E-state index contributed by atoms with van der Waals surface area (Å²) in [6.07, 6.45) is 0.735. The highest BCUT2D eigenvalue weighted by atomic mass is 16.5. The Balaban J connectivity index is 1.71. The number of hydrogen-bond donors (Lipinski definition) is 1. The molecule has 2 N–H and O–H groups in total. The summed E-state index contributed by atoms with van der Waals surface area (Å²) in [5.41, 5.74) is 7.41. The summed E-state index contributed by atoms with van der Waals surface area (Å²) in [5.74, 6) is 0.197. The van der Waals surface area contributed by atoms with E-state index in [4.69, 9.17) is 10.5 Å². The number of nitrogens with two attached hydrogens (primary N) is 1. The Morgan fingerprint density at radius 3 is 2.41 bits per heavy atom. The summed E-state index contributed by atoms with van der Waals surface area (Å²) < 4.78 is 5.58. The van der Waals surface area contributed by atoms with Gasteiger partial charge in [-0.05, 0) is 31.5 Å². The van der Waals surface area contributed by atoms with Crippen LogP contribution in [0.2, 0.25) is 0 Å². The van der Waals surface area contributed by atoms with Crippen molar-refractivity contribution >= 4 is 11.6 Å². The van der Waals surface area contributed by atoms with Crippen LogP contribution >= 0.6 is 0 Å². The highest BCUT2D eigenvalue weighted by molar-refractivity contribution is 5.79. The van der Waals surface area contributed by atoms with Crippen LogP contribution in [0.15, 0.2) is 24.3 Å². The third-order valence-corrected chi connectivity index (χ3v) is 3.92. The molecule has 1 heterocycles. The number of nitrogens with zero attached hydrogens (tertiary/aromatic N) is 2. The number of ether oxygens (including phenoxy) is 1. The second-order valence-corrected chi connectivity index (χ2v) is 6.06. The van der Waals surface area contributed by atoms with Crippen LogP contribution in [0.25, 0.3) is 0 Å². The summed E-state index contributed by atoms with van der Waals surface area (Å²) in [6.45, 7) is 9.26. The van der Waals surface area contributed by atoms with Crippen molar-refractivity contribution in [3.8, 4) is 0 Å². The minimum Gasteiger partial charge on any atom is -0.399 e. The zero-order valence-electron chi connectivity index (χ0n) is 13.6. The molecule has 2 rings (SSSR count). The molecule has 0 atom stereocenters. The number of amides is 1. The van der Waals surface area contributed by atoms with Crippen molar-refractivity contribution in [2.45, 2.75) is 26.4 Å². The number of carbonyl (C=O) groups excluding carboxylic acids is 1. The van der Waals surface area contributed by atoms with Gasteiger partial charge in [-0.3, -0.25) is 9.69 Å². The number of hydrogen-bond acceptors (Lipinski definition) is 4. The molecule has 1 aliphatic rings. The van der Waals surface area contributed by atoms with Gasteiger partial charge in [-0.2, -0.15) is 0 Å². The van der Waals surface area contributed by atoms with Gasteiger partial charge in [-0.1, -0.05) is 12.1 Å². The number of piperazine rings is 1. The molecule has 22 heavy (non-hydrogen) atoms. The molecular weight excluding hydrogens is 278 g/mol. The zero-order chi connectivity index (χ0) is 15.9. The van der Waals surface area contributed by atoms with Gasteiger partial charge in [0.1, 0.15) is 0 Å². The first-order valence-corrected chi connectivity index (χ1v) is 8.01. The fourth-order valence-corrected chi connectivity index (χ4v) is 2.56. The quantitative estimate of drug-likeness (QED) is 0.807. The fourth-order valence-electron chi connectivity index (χ4n) is 2.56. The lowest BCUT2D eigenvalue weighted by atomic mass is 10.1. The molecule has 0 bridgehead atoms. The van der Waals surface area contributed by atoms with E-state index in [0.29, 0.717) is 6.42 Å². The van der Waals surface area contributed by atoms with Crippen LogP contribution in [0.4, 0.5) is 5.69 Å². The Bertz CT molecular complexity index is 465. The number of anilines is 1. The van der Waals surface area contributed by atoms with Gasteiger partial charge in [-0.15, -0.1) is 0 Å². The molecule has 1 aromatic carbocycles. The zero-order valence-corrected chi connectivity index (χ0v) is 13.6. The number of benzene rings is 1. The van der Waals surface area contributed by atoms with Gasteiger partial charge in [0.2, 0.25) is 5.91 Å². The monoisotopic (exact) mass is 305 g/mol. The average molecular weight is 305 g/mol. The molecule has 1 aromatic rings. The second-order valence-electron chi connectivity index (χ2n) is 6.06. The highest BCUT2D eigenvalue weighted by Crippen LogP contribution is 2.09. The van der Waals surface area contributed by atoms with Crippen molar-refractivity contribution in [1.29, 1.82) is 0 Å². The lowest BCUT2D eigenvalue weighted by molar-refractivity contribution is -0.132. The highest BCUT2D eigenvalue weighted by Gasteiger charge is 2.20. The van der Waals surface area contributed by atoms with Crippen LogP contribution in [0.3, 0.4) is 0 Å². The predicted molar refractivity (Wildman–Crippen MR) is 88.7 cm³/mol. The minimum absolute atomic E-state index is 0.197. The topological polar surface area (TPSA) is 58.8 Å². The van der Waals surface area contributed by atoms with E-state index in [0.717, 1.165) is 50.6 Å². The summed E-state index contributed by atoms with van der Waals surface area (Å²) in [6, 6.07) is 7.53. The molecule has 0 unspecified atom stereocenters. The van der Waals surface area contributed by atoms with Crippen LogP contribution < -0.4 is 5.73 Å². The summed E-state index contributed by atoms with van der Waals surface area (Å²) in [4.78, 5) is 16.6. The third kappa shape index (κ3) is 5.31. The van der Waals surface area contributed by atoms with Crippen molar-refractivity contribution in [1.82, 2.24) is 9.80 Å². The van der Waals surface area contributed by atoms with Gasteiger partial charge in [0.15, 0.2) is 0 Å². The van der Waals surface area contributed by atoms with E-state index in [9.17, 15) is 4.79 Å². The Hall–Kier alpha value is -1.59. The lowest BCUT2D eigenvalue weighted by Crippen LogP contribution is -2.49. The molecule has 5 heteroatoms. The second kappa shape index (κ2) is 8.15. The Morgan fingerprint density at radius 2 is 1.82 bits per heavy atom. The van der Waals surface area contributed by atoms with E-state index < -0.39 is 0 Å². The number of carbonyl (C=O) groups is 1. The predicted octanol–water partition coefficient (Wildman–Crippen LogP) is 1.38.